The Kier molecular flexibility index (Phi) is 14.6. The van der Waals surface area contributed by atoms with Gasteiger partial charge in [-0.3, -0.25) is 4.68 Å². The Hall–Kier alpha value is -5.72. The van der Waals surface area contributed by atoms with E-state index in [0.717, 1.165) is 25.9 Å². The average Bonchev–Trinajstić information content (AvgIpc) is 4.05. The predicted octanol–water partition coefficient (Wildman–Crippen LogP) is 5.94. The Morgan fingerprint density at radius 3 is 1.63 bits per heavy atom. The SMILES string of the molecule is Cn1nc(-c2ccccc2F)cc1-c1ccc(C(=O)Nc2ccncc2F)[se]1.Cn1nc(-c2ccccc2F)cc1B(O)O.O=C(Nc1ccncc1F)c1ccc(Br)[se]1. The van der Waals surface area contributed by atoms with E-state index >= 15 is 0 Å². The fourth-order valence-corrected chi connectivity index (χ4v) is 9.72. The van der Waals surface area contributed by atoms with Gasteiger partial charge in [-0.25, -0.2) is 4.39 Å². The van der Waals surface area contributed by atoms with E-state index in [4.69, 9.17) is 10.0 Å². The molecule has 60 heavy (non-hydrogen) atoms. The molecule has 0 saturated carbocycles. The molecule has 8 rings (SSSR count). The van der Waals surface area contributed by atoms with Crippen molar-refractivity contribution in [2.75, 3.05) is 10.6 Å². The van der Waals surface area contributed by atoms with Crippen molar-refractivity contribution < 1.29 is 37.2 Å². The molecule has 0 spiro atoms. The van der Waals surface area contributed by atoms with Crippen LogP contribution in [-0.2, 0) is 14.1 Å². The summed E-state index contributed by atoms with van der Waals surface area (Å²) < 4.78 is 60.5. The molecule has 12 nitrogen and oxygen atoms in total. The summed E-state index contributed by atoms with van der Waals surface area (Å²) in [7, 11) is 1.73. The van der Waals surface area contributed by atoms with E-state index in [-0.39, 0.29) is 69.4 Å². The Labute approximate surface area is 360 Å². The number of halogens is 5. The Balaban J connectivity index is 0.000000162. The molecule has 2 aromatic carbocycles. The first-order valence-electron chi connectivity index (χ1n) is 17.4. The summed E-state index contributed by atoms with van der Waals surface area (Å²) in [5, 5.41) is 31.6. The number of hydrogen-bond acceptors (Lipinski definition) is 8. The number of aryl methyl sites for hydroxylation is 2. The zero-order valence-electron chi connectivity index (χ0n) is 31.2. The number of hydrogen-bond donors (Lipinski definition) is 4. The third kappa shape index (κ3) is 10.9. The first-order chi connectivity index (χ1) is 28.8. The molecule has 0 atom stereocenters. The van der Waals surface area contributed by atoms with Gasteiger partial charge in [-0.2, -0.15) is 5.10 Å². The summed E-state index contributed by atoms with van der Waals surface area (Å²) in [5.41, 5.74) is 2.95. The van der Waals surface area contributed by atoms with Gasteiger partial charge in [0.1, 0.15) is 5.82 Å². The van der Waals surface area contributed by atoms with Crippen LogP contribution in [0.25, 0.3) is 32.6 Å². The molecule has 0 aliphatic carbocycles. The van der Waals surface area contributed by atoms with E-state index in [0.29, 0.717) is 31.4 Å². The zero-order chi connectivity index (χ0) is 42.9. The maximum atomic E-state index is 14.0. The van der Waals surface area contributed by atoms with Crippen molar-refractivity contribution in [2.24, 2.45) is 14.1 Å². The zero-order valence-corrected chi connectivity index (χ0v) is 36.2. The second-order valence-corrected chi connectivity index (χ2v) is 18.9. The molecule has 0 aliphatic heterocycles. The standard InChI is InChI=1S/C20H14F2N4OSe.C10H10BFN2O2.C10H6BrFN2OSe/c1-26-17(10-16(25-26)12-4-2-3-5-13(12)21)18-6-7-19(28-18)20(27)24-15-8-9-23-11-14(15)22;1-14-10(11(15)16)6-9(13-14)7-4-2-3-5-8(7)12;11-9-2-1-8(16-9)10(15)14-7-3-4-13-5-6(7)12/h2-11H,1H3,(H,23,24,27);2-6,15-16H,1H3;1-5H,(H,13,14,15). The molecule has 0 fully saturated rings. The normalized spacial score (nSPS) is 10.6. The second-order valence-electron chi connectivity index (χ2n) is 12.3. The fraction of sp³-hybridized carbons (Fsp3) is 0.0500. The summed E-state index contributed by atoms with van der Waals surface area (Å²) in [5.74, 6) is -2.47. The monoisotopic (exact) mass is 1010 g/mol. The van der Waals surface area contributed by atoms with Crippen molar-refractivity contribution in [3.63, 3.8) is 0 Å². The number of rotatable bonds is 8. The first-order valence-corrected chi connectivity index (χ1v) is 21.6. The van der Waals surface area contributed by atoms with E-state index in [9.17, 15) is 27.2 Å². The van der Waals surface area contributed by atoms with Gasteiger partial charge in [0.2, 0.25) is 0 Å². The van der Waals surface area contributed by atoms with E-state index in [1.807, 2.05) is 18.2 Å². The van der Waals surface area contributed by atoms with Crippen LogP contribution in [0.4, 0.5) is 28.9 Å². The number of nitrogens with zero attached hydrogens (tertiary/aromatic N) is 6. The number of amides is 2. The van der Waals surface area contributed by atoms with E-state index in [2.05, 4.69) is 46.7 Å². The topological polar surface area (TPSA) is 160 Å². The van der Waals surface area contributed by atoms with Crippen LogP contribution in [0, 0.1) is 23.3 Å². The number of carbonyl (C=O) groups is 2. The van der Waals surface area contributed by atoms with Gasteiger partial charge in [0, 0.05) is 12.6 Å². The van der Waals surface area contributed by atoms with E-state index in [1.54, 1.807) is 67.3 Å². The van der Waals surface area contributed by atoms with Crippen molar-refractivity contribution in [3.05, 3.63) is 157 Å². The molecule has 8 aromatic rings. The van der Waals surface area contributed by atoms with E-state index in [1.165, 1.54) is 47.4 Å². The quantitative estimate of drug-likeness (QED) is 0.108. The van der Waals surface area contributed by atoms with Crippen molar-refractivity contribution in [3.8, 4) is 32.6 Å². The molecule has 0 aliphatic rings. The molecule has 20 heteroatoms. The molecule has 0 bridgehead atoms. The van der Waals surface area contributed by atoms with Crippen molar-refractivity contribution in [1.82, 2.24) is 29.5 Å². The van der Waals surface area contributed by atoms with Crippen LogP contribution in [0.2, 0.25) is 0 Å². The van der Waals surface area contributed by atoms with Crippen molar-refractivity contribution in [1.29, 1.82) is 0 Å². The maximum absolute atomic E-state index is 14.0. The number of aromatic nitrogens is 6. The molecule has 6 aromatic heterocycles. The average molecular weight is 1010 g/mol. The van der Waals surface area contributed by atoms with Gasteiger partial charge >= 0.3 is 278 Å². The van der Waals surface area contributed by atoms with Crippen LogP contribution in [0.3, 0.4) is 0 Å². The summed E-state index contributed by atoms with van der Waals surface area (Å²) >= 11 is 3.02. The van der Waals surface area contributed by atoms with Crippen LogP contribution >= 0.6 is 15.9 Å². The molecule has 0 unspecified atom stereocenters. The molecular formula is C40H30BBrF4N8O4Se2. The third-order valence-corrected chi connectivity index (χ3v) is 13.5. The summed E-state index contributed by atoms with van der Waals surface area (Å²) in [4.78, 5) is 31.4. The van der Waals surface area contributed by atoms with Crippen LogP contribution < -0.4 is 16.2 Å². The molecule has 0 radical (unpaired) electrons. The second kappa shape index (κ2) is 20.0. The van der Waals surface area contributed by atoms with Gasteiger partial charge in [-0.1, -0.05) is 12.1 Å². The van der Waals surface area contributed by atoms with E-state index < -0.39 is 18.8 Å². The van der Waals surface area contributed by atoms with Crippen molar-refractivity contribution in [2.45, 2.75) is 0 Å². The number of pyridine rings is 2. The van der Waals surface area contributed by atoms with Gasteiger partial charge < -0.3 is 10.0 Å². The molecule has 2 amide bonds. The minimum absolute atomic E-state index is 0.0202. The van der Waals surface area contributed by atoms with Gasteiger partial charge in [-0.15, -0.1) is 0 Å². The van der Waals surface area contributed by atoms with Crippen LogP contribution in [0.5, 0.6) is 0 Å². The summed E-state index contributed by atoms with van der Waals surface area (Å²) in [6.07, 6.45) is 4.96. The van der Waals surface area contributed by atoms with Crippen LogP contribution in [-0.4, -0.2) is 87.5 Å². The van der Waals surface area contributed by atoms with Gasteiger partial charge in [-0.05, 0) is 18.2 Å². The Morgan fingerprint density at radius 1 is 0.650 bits per heavy atom. The van der Waals surface area contributed by atoms with Gasteiger partial charge in [0.05, 0.1) is 11.3 Å². The number of anilines is 2. The number of carbonyl (C=O) groups excluding carboxylic acids is 2. The molecule has 0 saturated heterocycles. The van der Waals surface area contributed by atoms with Crippen molar-refractivity contribution >= 4 is 80.8 Å². The van der Waals surface area contributed by atoms with Gasteiger partial charge in [0.25, 0.3) is 0 Å². The molecule has 6 heterocycles. The number of benzene rings is 2. The van der Waals surface area contributed by atoms with Crippen LogP contribution in [0.1, 0.15) is 18.5 Å². The fourth-order valence-electron chi connectivity index (χ4n) is 5.38. The minimum atomic E-state index is -1.61. The first kappa shape index (κ1) is 43.9. The predicted molar refractivity (Wildman–Crippen MR) is 225 cm³/mol. The Morgan fingerprint density at radius 2 is 1.15 bits per heavy atom. The molecular weight excluding hydrogens is 981 g/mol. The molecule has 4 N–H and O–H groups in total. The molecule has 304 valence electrons. The van der Waals surface area contributed by atoms with Gasteiger partial charge in [0.15, 0.2) is 0 Å². The Bertz CT molecular complexity index is 2780. The van der Waals surface area contributed by atoms with Crippen LogP contribution in [0.15, 0.2) is 125 Å². The summed E-state index contributed by atoms with van der Waals surface area (Å²) in [6, 6.07) is 25.9. The third-order valence-electron chi connectivity index (χ3n) is 8.28. The number of nitrogens with one attached hydrogen (secondary N) is 2. The summed E-state index contributed by atoms with van der Waals surface area (Å²) in [6.45, 7) is 0.